The van der Waals surface area contributed by atoms with Crippen LogP contribution in [-0.4, -0.2) is 4.83 Å². The van der Waals surface area contributed by atoms with E-state index in [1.54, 1.807) is 0 Å². The largest absolute Gasteiger partial charge is 0.144 e. The second kappa shape index (κ2) is 5.75. The molecule has 0 aliphatic heterocycles. The molecule has 18 heavy (non-hydrogen) atoms. The number of hydrogen-bond donors (Lipinski definition) is 0. The maximum Gasteiger partial charge on any atom is 0.0345 e. The molecule has 0 bridgehead atoms. The molecule has 1 unspecified atom stereocenters. The third-order valence-electron chi connectivity index (χ3n) is 3.40. The Morgan fingerprint density at radius 1 is 1.22 bits per heavy atom. The van der Waals surface area contributed by atoms with E-state index in [2.05, 4.69) is 66.3 Å². The highest BCUT2D eigenvalue weighted by molar-refractivity contribution is 9.09. The van der Waals surface area contributed by atoms with Gasteiger partial charge in [-0.25, -0.2) is 0 Å². The van der Waals surface area contributed by atoms with E-state index in [1.807, 2.05) is 11.3 Å². The van der Waals surface area contributed by atoms with Crippen molar-refractivity contribution in [3.05, 3.63) is 35.2 Å². The third-order valence-corrected chi connectivity index (χ3v) is 6.25. The Hall–Kier alpha value is -0.340. The SMILES string of the molecule is CC(C)(C)C(Br)CCCc1csc2ccccc12. The monoisotopic (exact) mass is 324 g/mol. The van der Waals surface area contributed by atoms with Crippen LogP contribution in [-0.2, 0) is 6.42 Å². The molecule has 0 N–H and O–H groups in total. The number of thiophene rings is 1. The average molecular weight is 325 g/mol. The lowest BCUT2D eigenvalue weighted by atomic mass is 9.89. The fourth-order valence-electron chi connectivity index (χ4n) is 2.13. The van der Waals surface area contributed by atoms with Crippen molar-refractivity contribution in [2.24, 2.45) is 5.41 Å². The highest BCUT2D eigenvalue weighted by Crippen LogP contribution is 2.31. The van der Waals surface area contributed by atoms with Gasteiger partial charge in [-0.2, -0.15) is 0 Å². The average Bonchev–Trinajstić information content (AvgIpc) is 2.71. The van der Waals surface area contributed by atoms with Gasteiger partial charge in [-0.1, -0.05) is 54.9 Å². The minimum absolute atomic E-state index is 0.358. The number of fused-ring (bicyclic) bond motifs is 1. The summed E-state index contributed by atoms with van der Waals surface area (Å²) in [6.07, 6.45) is 3.70. The molecule has 0 aliphatic carbocycles. The van der Waals surface area contributed by atoms with E-state index in [4.69, 9.17) is 0 Å². The second-order valence-corrected chi connectivity index (χ2v) is 8.00. The molecule has 0 fully saturated rings. The minimum atomic E-state index is 0.358. The molecule has 0 amide bonds. The Kier molecular flexibility index (Phi) is 4.50. The fraction of sp³-hybridized carbons (Fsp3) is 0.500. The molecule has 2 heteroatoms. The van der Waals surface area contributed by atoms with Crippen molar-refractivity contribution >= 4 is 37.4 Å². The summed E-state index contributed by atoms with van der Waals surface area (Å²) in [5.41, 5.74) is 1.88. The first-order valence-corrected chi connectivity index (χ1v) is 8.37. The molecule has 0 nitrogen and oxygen atoms in total. The van der Waals surface area contributed by atoms with E-state index in [1.165, 1.54) is 34.9 Å². The van der Waals surface area contributed by atoms with Gasteiger partial charge in [0.1, 0.15) is 0 Å². The zero-order valence-corrected chi connectivity index (χ0v) is 13.8. The summed E-state index contributed by atoms with van der Waals surface area (Å²) >= 11 is 5.68. The zero-order chi connectivity index (χ0) is 13.2. The van der Waals surface area contributed by atoms with Crippen molar-refractivity contribution < 1.29 is 0 Å². The van der Waals surface area contributed by atoms with E-state index in [0.717, 1.165) is 0 Å². The Balaban J connectivity index is 1.95. The predicted octanol–water partition coefficient (Wildman–Crippen LogP) is 6.03. The number of alkyl halides is 1. The Bertz CT molecular complexity index is 507. The third kappa shape index (κ3) is 3.36. The van der Waals surface area contributed by atoms with Gasteiger partial charge in [0.2, 0.25) is 0 Å². The van der Waals surface area contributed by atoms with E-state index >= 15 is 0 Å². The highest BCUT2D eigenvalue weighted by Gasteiger charge is 2.21. The van der Waals surface area contributed by atoms with Gasteiger partial charge in [-0.15, -0.1) is 11.3 Å². The Labute approximate surface area is 123 Å². The van der Waals surface area contributed by atoms with E-state index in [0.29, 0.717) is 10.2 Å². The van der Waals surface area contributed by atoms with Crippen LogP contribution in [0, 0.1) is 5.41 Å². The summed E-state index contributed by atoms with van der Waals surface area (Å²) in [5.74, 6) is 0. The molecule has 1 aromatic heterocycles. The van der Waals surface area contributed by atoms with Gasteiger partial charge in [0.25, 0.3) is 0 Å². The van der Waals surface area contributed by atoms with Crippen LogP contribution in [0.4, 0.5) is 0 Å². The summed E-state index contributed by atoms with van der Waals surface area (Å²) in [6.45, 7) is 6.89. The van der Waals surface area contributed by atoms with Crippen molar-refractivity contribution in [3.63, 3.8) is 0 Å². The van der Waals surface area contributed by atoms with Crippen LogP contribution in [0.1, 0.15) is 39.2 Å². The smallest absolute Gasteiger partial charge is 0.0345 e. The number of aryl methyl sites for hydroxylation is 1. The van der Waals surface area contributed by atoms with Crippen molar-refractivity contribution in [2.45, 2.75) is 44.9 Å². The van der Waals surface area contributed by atoms with Gasteiger partial charge in [-0.05, 0) is 47.1 Å². The first-order valence-electron chi connectivity index (χ1n) is 6.57. The number of halogens is 1. The Morgan fingerprint density at radius 3 is 2.67 bits per heavy atom. The second-order valence-electron chi connectivity index (χ2n) is 5.98. The van der Waals surface area contributed by atoms with Gasteiger partial charge in [0, 0.05) is 9.53 Å². The van der Waals surface area contributed by atoms with E-state index in [-0.39, 0.29) is 0 Å². The van der Waals surface area contributed by atoms with Crippen molar-refractivity contribution in [1.82, 2.24) is 0 Å². The van der Waals surface area contributed by atoms with Gasteiger partial charge in [-0.3, -0.25) is 0 Å². The first kappa shape index (κ1) is 14.1. The van der Waals surface area contributed by atoms with Crippen LogP contribution in [0.3, 0.4) is 0 Å². The van der Waals surface area contributed by atoms with Crippen LogP contribution < -0.4 is 0 Å². The van der Waals surface area contributed by atoms with Gasteiger partial charge < -0.3 is 0 Å². The molecule has 1 aromatic carbocycles. The molecule has 1 atom stereocenters. The zero-order valence-electron chi connectivity index (χ0n) is 11.4. The fourth-order valence-corrected chi connectivity index (χ4v) is 3.45. The Morgan fingerprint density at radius 2 is 1.94 bits per heavy atom. The van der Waals surface area contributed by atoms with Crippen molar-refractivity contribution in [3.8, 4) is 0 Å². The van der Waals surface area contributed by atoms with Gasteiger partial charge in [0.05, 0.1) is 0 Å². The molecule has 0 radical (unpaired) electrons. The van der Waals surface area contributed by atoms with Crippen LogP contribution >= 0.6 is 27.3 Å². The molecule has 2 rings (SSSR count). The molecule has 0 saturated carbocycles. The summed E-state index contributed by atoms with van der Waals surface area (Å²) in [6, 6.07) is 8.72. The van der Waals surface area contributed by atoms with Crippen molar-refractivity contribution in [1.29, 1.82) is 0 Å². The predicted molar refractivity (Wildman–Crippen MR) is 86.9 cm³/mol. The van der Waals surface area contributed by atoms with Gasteiger partial charge >= 0.3 is 0 Å². The molecule has 98 valence electrons. The molecule has 0 saturated heterocycles. The standard InChI is InChI=1S/C16H21BrS/c1-16(2,3)15(17)10-6-7-12-11-18-14-9-5-4-8-13(12)14/h4-5,8-9,11,15H,6-7,10H2,1-3H3. The summed E-state index contributed by atoms with van der Waals surface area (Å²) in [4.78, 5) is 0.606. The molecule has 0 aliphatic rings. The molecular formula is C16H21BrS. The maximum absolute atomic E-state index is 3.81. The number of hydrogen-bond acceptors (Lipinski definition) is 1. The minimum Gasteiger partial charge on any atom is -0.144 e. The molecular weight excluding hydrogens is 304 g/mol. The lowest BCUT2D eigenvalue weighted by Gasteiger charge is -2.25. The van der Waals surface area contributed by atoms with Crippen LogP contribution in [0.25, 0.3) is 10.1 Å². The number of benzene rings is 1. The highest BCUT2D eigenvalue weighted by atomic mass is 79.9. The summed E-state index contributed by atoms with van der Waals surface area (Å²) < 4.78 is 1.42. The topological polar surface area (TPSA) is 0 Å². The maximum atomic E-state index is 3.81. The lowest BCUT2D eigenvalue weighted by molar-refractivity contribution is 0.380. The van der Waals surface area contributed by atoms with E-state index < -0.39 is 0 Å². The van der Waals surface area contributed by atoms with Crippen LogP contribution in [0.2, 0.25) is 0 Å². The van der Waals surface area contributed by atoms with Crippen LogP contribution in [0.15, 0.2) is 29.6 Å². The normalized spacial score (nSPS) is 14.0. The molecule has 0 spiro atoms. The van der Waals surface area contributed by atoms with Crippen LogP contribution in [0.5, 0.6) is 0 Å². The lowest BCUT2D eigenvalue weighted by Crippen LogP contribution is -2.20. The van der Waals surface area contributed by atoms with Crippen molar-refractivity contribution in [2.75, 3.05) is 0 Å². The molecule has 1 heterocycles. The van der Waals surface area contributed by atoms with Gasteiger partial charge in [0.15, 0.2) is 0 Å². The quantitative estimate of drug-likeness (QED) is 0.602. The summed E-state index contributed by atoms with van der Waals surface area (Å²) in [5, 5.41) is 3.77. The number of rotatable bonds is 4. The first-order chi connectivity index (χ1) is 8.48. The summed E-state index contributed by atoms with van der Waals surface area (Å²) in [7, 11) is 0. The van der Waals surface area contributed by atoms with E-state index in [9.17, 15) is 0 Å². The molecule has 2 aromatic rings.